The average Bonchev–Trinajstić information content (AvgIpc) is 3.17. The van der Waals surface area contributed by atoms with E-state index in [0.717, 1.165) is 42.6 Å². The van der Waals surface area contributed by atoms with Crippen molar-refractivity contribution < 1.29 is 9.59 Å². The minimum Gasteiger partial charge on any atom is -0.369 e. The number of fused-ring (bicyclic) bond motifs is 1. The number of H-pyrrole nitrogens is 1. The second kappa shape index (κ2) is 7.86. The van der Waals surface area contributed by atoms with Crippen molar-refractivity contribution in [3.05, 3.63) is 60.3 Å². The molecule has 28 heavy (non-hydrogen) atoms. The average molecular weight is 376 g/mol. The number of nitrogens with one attached hydrogen (secondary N) is 2. The maximum atomic E-state index is 12.6. The van der Waals surface area contributed by atoms with Gasteiger partial charge < -0.3 is 16.0 Å². The van der Waals surface area contributed by atoms with Gasteiger partial charge in [-0.15, -0.1) is 0 Å². The lowest BCUT2D eigenvalue weighted by atomic mass is 10.0. The van der Waals surface area contributed by atoms with Crippen LogP contribution in [0.4, 0.5) is 0 Å². The third-order valence-corrected chi connectivity index (χ3v) is 5.34. The number of likely N-dealkylation sites (tertiary alicyclic amines) is 1. The molecule has 144 valence electrons. The SMILES string of the molecule is NC(=O)CN1CCC(NC(=O)c2ccc(-c3ccc4cc[nH]c4c3)cc2)CC1. The molecule has 6 heteroatoms. The summed E-state index contributed by atoms with van der Waals surface area (Å²) < 4.78 is 0. The van der Waals surface area contributed by atoms with Gasteiger partial charge in [-0.3, -0.25) is 14.5 Å². The van der Waals surface area contributed by atoms with Crippen molar-refractivity contribution in [1.82, 2.24) is 15.2 Å². The number of nitrogens with two attached hydrogens (primary N) is 1. The highest BCUT2D eigenvalue weighted by Gasteiger charge is 2.21. The van der Waals surface area contributed by atoms with Crippen molar-refractivity contribution in [2.45, 2.75) is 18.9 Å². The van der Waals surface area contributed by atoms with Crippen molar-refractivity contribution >= 4 is 22.7 Å². The van der Waals surface area contributed by atoms with E-state index in [4.69, 9.17) is 5.73 Å². The number of piperidine rings is 1. The summed E-state index contributed by atoms with van der Waals surface area (Å²) in [5, 5.41) is 4.28. The molecule has 3 aromatic rings. The molecule has 0 atom stereocenters. The van der Waals surface area contributed by atoms with Crippen LogP contribution in [0, 0.1) is 0 Å². The predicted octanol–water partition coefficient (Wildman–Crippen LogP) is 2.51. The Balaban J connectivity index is 1.37. The fourth-order valence-corrected chi connectivity index (χ4v) is 3.77. The summed E-state index contributed by atoms with van der Waals surface area (Å²) in [7, 11) is 0. The summed E-state index contributed by atoms with van der Waals surface area (Å²) in [6, 6.07) is 16.2. The van der Waals surface area contributed by atoms with Gasteiger partial charge in [-0.05, 0) is 53.6 Å². The molecule has 0 unspecified atom stereocenters. The first-order chi connectivity index (χ1) is 13.6. The molecule has 1 aliphatic rings. The molecule has 0 bridgehead atoms. The molecule has 4 rings (SSSR count). The molecule has 1 saturated heterocycles. The highest BCUT2D eigenvalue weighted by atomic mass is 16.2. The van der Waals surface area contributed by atoms with E-state index in [1.807, 2.05) is 41.4 Å². The molecule has 2 aromatic carbocycles. The normalized spacial score (nSPS) is 15.6. The Bertz CT molecular complexity index is 985. The van der Waals surface area contributed by atoms with E-state index in [2.05, 4.69) is 28.5 Å². The number of benzene rings is 2. The Morgan fingerprint density at radius 3 is 2.46 bits per heavy atom. The van der Waals surface area contributed by atoms with Crippen LogP contribution in [-0.4, -0.2) is 47.4 Å². The van der Waals surface area contributed by atoms with E-state index in [1.54, 1.807) is 0 Å². The molecule has 1 aromatic heterocycles. The second-order valence-corrected chi connectivity index (χ2v) is 7.35. The molecule has 4 N–H and O–H groups in total. The van der Waals surface area contributed by atoms with Crippen LogP contribution < -0.4 is 11.1 Å². The Hall–Kier alpha value is -3.12. The summed E-state index contributed by atoms with van der Waals surface area (Å²) in [6.07, 6.45) is 3.58. The van der Waals surface area contributed by atoms with Gasteiger partial charge in [0.2, 0.25) is 5.91 Å². The number of carbonyl (C=O) groups excluding carboxylic acids is 2. The number of amides is 2. The molecule has 0 radical (unpaired) electrons. The minimum absolute atomic E-state index is 0.0558. The standard InChI is InChI=1S/C22H24N4O2/c23-21(27)14-26-11-8-19(9-12-26)25-22(28)17-4-1-15(2-5-17)18-6-3-16-7-10-24-20(16)13-18/h1-7,10,13,19,24H,8-9,11-12,14H2,(H2,23,27)(H,25,28). The zero-order chi connectivity index (χ0) is 19.5. The van der Waals surface area contributed by atoms with Crippen molar-refractivity contribution in [1.29, 1.82) is 0 Å². The van der Waals surface area contributed by atoms with E-state index in [1.165, 1.54) is 5.39 Å². The van der Waals surface area contributed by atoms with E-state index >= 15 is 0 Å². The molecule has 2 amide bonds. The molecule has 6 nitrogen and oxygen atoms in total. The topological polar surface area (TPSA) is 91.2 Å². The quantitative estimate of drug-likeness (QED) is 0.639. The Labute approximate surface area is 163 Å². The number of aromatic nitrogens is 1. The predicted molar refractivity (Wildman–Crippen MR) is 110 cm³/mol. The molecule has 2 heterocycles. The lowest BCUT2D eigenvalue weighted by Gasteiger charge is -2.31. The lowest BCUT2D eigenvalue weighted by molar-refractivity contribution is -0.119. The number of hydrogen-bond acceptors (Lipinski definition) is 3. The molecule has 1 aliphatic heterocycles. The summed E-state index contributed by atoms with van der Waals surface area (Å²) >= 11 is 0. The van der Waals surface area contributed by atoms with Crippen LogP contribution in [0.1, 0.15) is 23.2 Å². The molecule has 1 fully saturated rings. The third kappa shape index (κ3) is 4.07. The van der Waals surface area contributed by atoms with Gasteiger partial charge in [-0.25, -0.2) is 0 Å². The summed E-state index contributed by atoms with van der Waals surface area (Å²) in [4.78, 5) is 28.8. The Morgan fingerprint density at radius 2 is 1.75 bits per heavy atom. The van der Waals surface area contributed by atoms with E-state index in [-0.39, 0.29) is 24.4 Å². The van der Waals surface area contributed by atoms with E-state index in [9.17, 15) is 9.59 Å². The van der Waals surface area contributed by atoms with Crippen LogP contribution in [0.2, 0.25) is 0 Å². The maximum absolute atomic E-state index is 12.6. The molecule has 0 spiro atoms. The van der Waals surface area contributed by atoms with E-state index in [0.29, 0.717) is 5.56 Å². The monoisotopic (exact) mass is 376 g/mol. The Morgan fingerprint density at radius 1 is 1.04 bits per heavy atom. The van der Waals surface area contributed by atoms with Gasteiger partial charge in [0.15, 0.2) is 0 Å². The van der Waals surface area contributed by atoms with Crippen LogP contribution in [0.3, 0.4) is 0 Å². The number of rotatable bonds is 5. The fraction of sp³-hybridized carbons (Fsp3) is 0.273. The number of carbonyl (C=O) groups is 2. The molecular formula is C22H24N4O2. The van der Waals surface area contributed by atoms with Crippen molar-refractivity contribution in [2.24, 2.45) is 5.73 Å². The van der Waals surface area contributed by atoms with Crippen molar-refractivity contribution in [2.75, 3.05) is 19.6 Å². The highest BCUT2D eigenvalue weighted by Crippen LogP contribution is 2.24. The van der Waals surface area contributed by atoms with Crippen LogP contribution in [0.25, 0.3) is 22.0 Å². The maximum Gasteiger partial charge on any atom is 0.251 e. The molecular weight excluding hydrogens is 352 g/mol. The van der Waals surface area contributed by atoms with Gasteiger partial charge >= 0.3 is 0 Å². The highest BCUT2D eigenvalue weighted by molar-refractivity contribution is 5.95. The zero-order valence-electron chi connectivity index (χ0n) is 15.7. The largest absolute Gasteiger partial charge is 0.369 e. The van der Waals surface area contributed by atoms with Crippen molar-refractivity contribution in [3.63, 3.8) is 0 Å². The van der Waals surface area contributed by atoms with Gasteiger partial charge in [-0.2, -0.15) is 0 Å². The first-order valence-electron chi connectivity index (χ1n) is 9.57. The van der Waals surface area contributed by atoms with Gasteiger partial charge in [-0.1, -0.05) is 24.3 Å². The van der Waals surface area contributed by atoms with Crippen LogP contribution in [0.5, 0.6) is 0 Å². The number of primary amides is 1. The zero-order valence-corrected chi connectivity index (χ0v) is 15.7. The summed E-state index contributed by atoms with van der Waals surface area (Å²) in [6.45, 7) is 1.83. The lowest BCUT2D eigenvalue weighted by Crippen LogP contribution is -2.46. The first kappa shape index (κ1) is 18.3. The third-order valence-electron chi connectivity index (χ3n) is 5.34. The Kier molecular flexibility index (Phi) is 5.12. The summed E-state index contributed by atoms with van der Waals surface area (Å²) in [5.74, 6) is -0.363. The second-order valence-electron chi connectivity index (χ2n) is 7.35. The van der Waals surface area contributed by atoms with Gasteiger partial charge in [0.1, 0.15) is 0 Å². The van der Waals surface area contributed by atoms with Crippen molar-refractivity contribution in [3.8, 4) is 11.1 Å². The van der Waals surface area contributed by atoms with Crippen LogP contribution >= 0.6 is 0 Å². The van der Waals surface area contributed by atoms with Gasteiger partial charge in [0, 0.05) is 36.4 Å². The first-order valence-corrected chi connectivity index (χ1v) is 9.57. The van der Waals surface area contributed by atoms with Crippen LogP contribution in [-0.2, 0) is 4.79 Å². The molecule has 0 saturated carbocycles. The van der Waals surface area contributed by atoms with Gasteiger partial charge in [0.05, 0.1) is 6.54 Å². The number of hydrogen-bond donors (Lipinski definition) is 3. The molecule has 0 aliphatic carbocycles. The summed E-state index contributed by atoms with van der Waals surface area (Å²) in [5.41, 5.74) is 9.19. The van der Waals surface area contributed by atoms with E-state index < -0.39 is 0 Å². The van der Waals surface area contributed by atoms with Gasteiger partial charge in [0.25, 0.3) is 5.91 Å². The van der Waals surface area contributed by atoms with Crippen LogP contribution in [0.15, 0.2) is 54.7 Å². The minimum atomic E-state index is -0.307. The number of nitrogens with zero attached hydrogens (tertiary/aromatic N) is 1. The smallest absolute Gasteiger partial charge is 0.251 e. The number of aromatic amines is 1. The fourth-order valence-electron chi connectivity index (χ4n) is 3.77.